The standard InChI is InChI=1S/C35H24O/c1-36-28-18-19-30-33-21-20-29(31-8-5-9-32(35(31)33)34(30)22-28)27-16-14-26(15-17-27)25-12-10-24(11-13-25)23-6-3-2-4-7-23/h2-22H,1H3. The zero-order chi connectivity index (χ0) is 24.1. The molecule has 1 aliphatic carbocycles. The highest BCUT2D eigenvalue weighted by Crippen LogP contribution is 2.50. The van der Waals surface area contributed by atoms with Crippen molar-refractivity contribution in [1.82, 2.24) is 0 Å². The maximum atomic E-state index is 5.50. The van der Waals surface area contributed by atoms with E-state index in [-0.39, 0.29) is 0 Å². The topological polar surface area (TPSA) is 9.23 Å². The number of hydrogen-bond donors (Lipinski definition) is 0. The molecule has 0 aromatic heterocycles. The Balaban J connectivity index is 1.26. The lowest BCUT2D eigenvalue weighted by molar-refractivity contribution is 0.415. The van der Waals surface area contributed by atoms with Crippen LogP contribution in [-0.2, 0) is 0 Å². The second-order valence-electron chi connectivity index (χ2n) is 9.32. The van der Waals surface area contributed by atoms with Gasteiger partial charge in [-0.05, 0) is 78.5 Å². The summed E-state index contributed by atoms with van der Waals surface area (Å²) in [5, 5.41) is 2.62. The summed E-state index contributed by atoms with van der Waals surface area (Å²) in [6.45, 7) is 0. The van der Waals surface area contributed by atoms with Crippen LogP contribution in [0.25, 0.3) is 66.4 Å². The number of methoxy groups -OCH3 is 1. The molecule has 0 aliphatic heterocycles. The van der Waals surface area contributed by atoms with Crippen LogP contribution < -0.4 is 4.74 Å². The van der Waals surface area contributed by atoms with Crippen molar-refractivity contribution in [3.63, 3.8) is 0 Å². The third kappa shape index (κ3) is 3.25. The summed E-state index contributed by atoms with van der Waals surface area (Å²) in [4.78, 5) is 0. The molecule has 0 unspecified atom stereocenters. The van der Waals surface area contributed by atoms with Crippen molar-refractivity contribution >= 4 is 10.8 Å². The lowest BCUT2D eigenvalue weighted by Crippen LogP contribution is -1.85. The number of fused-ring (bicyclic) bond motifs is 3. The van der Waals surface area contributed by atoms with Crippen molar-refractivity contribution in [2.45, 2.75) is 0 Å². The molecule has 0 saturated heterocycles. The van der Waals surface area contributed by atoms with E-state index < -0.39 is 0 Å². The molecular formula is C35H24O. The maximum Gasteiger partial charge on any atom is 0.119 e. The van der Waals surface area contributed by atoms with E-state index in [0.717, 1.165) is 5.75 Å². The molecule has 1 aliphatic rings. The van der Waals surface area contributed by atoms with Crippen molar-refractivity contribution in [2.75, 3.05) is 7.11 Å². The summed E-state index contributed by atoms with van der Waals surface area (Å²) in [6.07, 6.45) is 0. The fourth-order valence-corrected chi connectivity index (χ4v) is 5.54. The normalized spacial score (nSPS) is 11.5. The van der Waals surface area contributed by atoms with Crippen molar-refractivity contribution in [2.24, 2.45) is 0 Å². The van der Waals surface area contributed by atoms with E-state index in [4.69, 9.17) is 4.74 Å². The third-order valence-electron chi connectivity index (χ3n) is 7.37. The minimum atomic E-state index is 0.895. The van der Waals surface area contributed by atoms with Crippen molar-refractivity contribution < 1.29 is 4.74 Å². The SMILES string of the molecule is COc1ccc2c(c1)-c1cccc3c(-c4ccc(-c5ccc(-c6ccccc6)cc5)cc4)ccc-2c13. The first-order valence-corrected chi connectivity index (χ1v) is 12.3. The molecule has 0 N–H and O–H groups in total. The Kier molecular flexibility index (Phi) is 4.75. The van der Waals surface area contributed by atoms with Crippen LogP contribution in [0.4, 0.5) is 0 Å². The molecule has 0 radical (unpaired) electrons. The molecule has 1 heteroatoms. The summed E-state index contributed by atoms with van der Waals surface area (Å²) in [7, 11) is 1.73. The second kappa shape index (κ2) is 8.25. The van der Waals surface area contributed by atoms with Gasteiger partial charge in [0.2, 0.25) is 0 Å². The minimum Gasteiger partial charge on any atom is -0.497 e. The van der Waals surface area contributed by atoms with E-state index >= 15 is 0 Å². The predicted octanol–water partition coefficient (Wildman–Crippen LogP) is 9.50. The van der Waals surface area contributed by atoms with E-state index in [2.05, 4.69) is 127 Å². The lowest BCUT2D eigenvalue weighted by Gasteiger charge is -2.11. The van der Waals surface area contributed by atoms with Crippen molar-refractivity contribution in [3.05, 3.63) is 127 Å². The molecule has 6 aromatic carbocycles. The van der Waals surface area contributed by atoms with Crippen LogP contribution in [-0.4, -0.2) is 7.11 Å². The quantitative estimate of drug-likeness (QED) is 0.254. The van der Waals surface area contributed by atoms with Gasteiger partial charge in [0, 0.05) is 0 Å². The Hall–Kier alpha value is -4.62. The second-order valence-corrected chi connectivity index (χ2v) is 9.32. The van der Waals surface area contributed by atoms with Gasteiger partial charge in [0.15, 0.2) is 0 Å². The van der Waals surface area contributed by atoms with Gasteiger partial charge >= 0.3 is 0 Å². The number of benzene rings is 6. The summed E-state index contributed by atoms with van der Waals surface area (Å²) >= 11 is 0. The van der Waals surface area contributed by atoms with Crippen molar-refractivity contribution in [3.8, 4) is 61.4 Å². The molecule has 7 rings (SSSR count). The Labute approximate surface area is 211 Å². The van der Waals surface area contributed by atoms with Gasteiger partial charge in [0.1, 0.15) is 5.75 Å². The van der Waals surface area contributed by atoms with Crippen LogP contribution in [0.15, 0.2) is 127 Å². The van der Waals surface area contributed by atoms with E-state index in [1.807, 2.05) is 0 Å². The fourth-order valence-electron chi connectivity index (χ4n) is 5.54. The van der Waals surface area contributed by atoms with Gasteiger partial charge in [-0.15, -0.1) is 0 Å². The third-order valence-corrected chi connectivity index (χ3v) is 7.37. The molecule has 1 nitrogen and oxygen atoms in total. The van der Waals surface area contributed by atoms with Crippen LogP contribution >= 0.6 is 0 Å². The Morgan fingerprint density at radius 3 is 1.61 bits per heavy atom. The molecule has 0 spiro atoms. The van der Waals surface area contributed by atoms with Gasteiger partial charge in [-0.1, -0.05) is 115 Å². The molecule has 0 atom stereocenters. The zero-order valence-corrected chi connectivity index (χ0v) is 20.0. The van der Waals surface area contributed by atoms with E-state index in [1.165, 1.54) is 66.4 Å². The van der Waals surface area contributed by atoms with Gasteiger partial charge in [0.25, 0.3) is 0 Å². The molecule has 0 amide bonds. The van der Waals surface area contributed by atoms with Crippen molar-refractivity contribution in [1.29, 1.82) is 0 Å². The maximum absolute atomic E-state index is 5.50. The van der Waals surface area contributed by atoms with E-state index in [9.17, 15) is 0 Å². The van der Waals surface area contributed by atoms with E-state index in [1.54, 1.807) is 7.11 Å². The van der Waals surface area contributed by atoms with Gasteiger partial charge in [0.05, 0.1) is 7.11 Å². The Morgan fingerprint density at radius 1 is 0.389 bits per heavy atom. The molecule has 0 bridgehead atoms. The van der Waals surface area contributed by atoms with Crippen LogP contribution in [0.2, 0.25) is 0 Å². The molecule has 6 aromatic rings. The van der Waals surface area contributed by atoms with Gasteiger partial charge in [-0.25, -0.2) is 0 Å². The molecule has 170 valence electrons. The highest BCUT2D eigenvalue weighted by atomic mass is 16.5. The average molecular weight is 461 g/mol. The fraction of sp³-hybridized carbons (Fsp3) is 0.0286. The van der Waals surface area contributed by atoms with E-state index in [0.29, 0.717) is 0 Å². The molecule has 0 fully saturated rings. The van der Waals surface area contributed by atoms with Crippen LogP contribution in [0, 0.1) is 0 Å². The molecular weight excluding hydrogens is 436 g/mol. The van der Waals surface area contributed by atoms with Gasteiger partial charge in [-0.3, -0.25) is 0 Å². The van der Waals surface area contributed by atoms with Gasteiger partial charge < -0.3 is 4.74 Å². The summed E-state index contributed by atoms with van der Waals surface area (Å²) < 4.78 is 5.50. The highest BCUT2D eigenvalue weighted by Gasteiger charge is 2.23. The van der Waals surface area contributed by atoms with Crippen LogP contribution in [0.1, 0.15) is 0 Å². The predicted molar refractivity (Wildman–Crippen MR) is 151 cm³/mol. The molecule has 0 saturated carbocycles. The smallest absolute Gasteiger partial charge is 0.119 e. The summed E-state index contributed by atoms with van der Waals surface area (Å²) in [6, 6.07) is 45.9. The lowest BCUT2D eigenvalue weighted by atomic mass is 9.93. The number of rotatable bonds is 4. The molecule has 0 heterocycles. The first-order valence-electron chi connectivity index (χ1n) is 12.3. The number of hydrogen-bond acceptors (Lipinski definition) is 1. The van der Waals surface area contributed by atoms with Crippen LogP contribution in [0.3, 0.4) is 0 Å². The highest BCUT2D eigenvalue weighted by molar-refractivity contribution is 6.18. The number of ether oxygens (including phenoxy) is 1. The Morgan fingerprint density at radius 2 is 0.944 bits per heavy atom. The zero-order valence-electron chi connectivity index (χ0n) is 20.0. The largest absolute Gasteiger partial charge is 0.497 e. The summed E-state index contributed by atoms with van der Waals surface area (Å²) in [5.41, 5.74) is 12.6. The average Bonchev–Trinajstić information content (AvgIpc) is 3.28. The summed E-state index contributed by atoms with van der Waals surface area (Å²) in [5.74, 6) is 0.895. The molecule has 36 heavy (non-hydrogen) atoms. The monoisotopic (exact) mass is 460 g/mol. The Bertz CT molecular complexity index is 1730. The minimum absolute atomic E-state index is 0.895. The van der Waals surface area contributed by atoms with Crippen LogP contribution in [0.5, 0.6) is 5.75 Å². The first kappa shape index (κ1) is 20.7. The first-order chi connectivity index (χ1) is 17.8. The van der Waals surface area contributed by atoms with Gasteiger partial charge in [-0.2, -0.15) is 0 Å².